The minimum absolute atomic E-state index is 0.317. The van der Waals surface area contributed by atoms with E-state index in [-0.39, 0.29) is 0 Å². The van der Waals surface area contributed by atoms with Crippen molar-refractivity contribution in [3.63, 3.8) is 0 Å². The van der Waals surface area contributed by atoms with Crippen molar-refractivity contribution in [2.75, 3.05) is 0 Å². The summed E-state index contributed by atoms with van der Waals surface area (Å²) in [5, 5.41) is 8.50. The Kier molecular flexibility index (Phi) is 4.17. The summed E-state index contributed by atoms with van der Waals surface area (Å²) in [4.78, 5) is 0. The highest BCUT2D eigenvalue weighted by Gasteiger charge is 2.21. The van der Waals surface area contributed by atoms with E-state index in [0.29, 0.717) is 12.1 Å². The van der Waals surface area contributed by atoms with Crippen molar-refractivity contribution < 1.29 is 4.74 Å². The normalized spacial score (nSPS) is 14.7. The van der Waals surface area contributed by atoms with Crippen molar-refractivity contribution in [1.29, 1.82) is 0 Å². The van der Waals surface area contributed by atoms with Gasteiger partial charge in [0.15, 0.2) is 5.75 Å². The largest absolute Gasteiger partial charge is 0.454 e. The number of rotatable bonds is 6. The third kappa shape index (κ3) is 3.57. The topological polar surface area (TPSA) is 39.1 Å². The highest BCUT2D eigenvalue weighted by atomic mass is 35.5. The smallest absolute Gasteiger partial charge is 0.165 e. The molecule has 1 aliphatic carbocycles. The van der Waals surface area contributed by atoms with Gasteiger partial charge in [0.25, 0.3) is 0 Å². The van der Waals surface area contributed by atoms with Gasteiger partial charge in [0.05, 0.1) is 12.4 Å². The van der Waals surface area contributed by atoms with Crippen LogP contribution in [0.15, 0.2) is 30.6 Å². The zero-order chi connectivity index (χ0) is 14.8. The first kappa shape index (κ1) is 14.4. The van der Waals surface area contributed by atoms with Crippen LogP contribution in [0.5, 0.6) is 11.5 Å². The molecule has 0 unspecified atom stereocenters. The van der Waals surface area contributed by atoms with E-state index >= 15 is 0 Å². The van der Waals surface area contributed by atoms with Gasteiger partial charge in [0.1, 0.15) is 5.75 Å². The third-order valence-corrected chi connectivity index (χ3v) is 3.91. The number of nitrogens with one attached hydrogen (secondary N) is 1. The number of aromatic nitrogens is 2. The molecule has 21 heavy (non-hydrogen) atoms. The third-order valence-electron chi connectivity index (χ3n) is 3.56. The molecular weight excluding hydrogens is 286 g/mol. The summed E-state index contributed by atoms with van der Waals surface area (Å²) in [6.45, 7) is 4.90. The fourth-order valence-corrected chi connectivity index (χ4v) is 2.36. The van der Waals surface area contributed by atoms with E-state index in [2.05, 4.69) is 24.3 Å². The molecule has 0 spiro atoms. The average molecular weight is 306 g/mol. The first-order valence-corrected chi connectivity index (χ1v) is 7.74. The second-order valence-electron chi connectivity index (χ2n) is 5.72. The maximum Gasteiger partial charge on any atom is 0.165 e. The summed E-state index contributed by atoms with van der Waals surface area (Å²) in [6.07, 6.45) is 6.15. The maximum absolute atomic E-state index is 6.31. The van der Waals surface area contributed by atoms with Crippen LogP contribution >= 0.6 is 11.6 Å². The Bertz CT molecular complexity index is 620. The summed E-state index contributed by atoms with van der Waals surface area (Å²) in [6, 6.07) is 6.71. The predicted octanol–water partition coefficient (Wildman–Crippen LogP) is 4.16. The molecule has 0 radical (unpaired) electrons. The second kappa shape index (κ2) is 6.08. The lowest BCUT2D eigenvalue weighted by molar-refractivity contribution is 0.468. The van der Waals surface area contributed by atoms with E-state index in [9.17, 15) is 0 Å². The summed E-state index contributed by atoms with van der Waals surface area (Å²) >= 11 is 6.31. The molecule has 112 valence electrons. The fraction of sp³-hybridized carbons (Fsp3) is 0.438. The molecule has 0 aliphatic heterocycles. The summed E-state index contributed by atoms with van der Waals surface area (Å²) in [5.74, 6) is 1.53. The highest BCUT2D eigenvalue weighted by molar-refractivity contribution is 6.31. The van der Waals surface area contributed by atoms with Crippen molar-refractivity contribution in [3.8, 4) is 11.5 Å². The Labute approximate surface area is 130 Å². The molecule has 0 bridgehead atoms. The van der Waals surface area contributed by atoms with Crippen molar-refractivity contribution in [2.24, 2.45) is 0 Å². The van der Waals surface area contributed by atoms with Crippen LogP contribution in [-0.4, -0.2) is 15.8 Å². The lowest BCUT2D eigenvalue weighted by atomic mass is 10.2. The minimum atomic E-state index is 0.317. The zero-order valence-corrected chi connectivity index (χ0v) is 13.1. The van der Waals surface area contributed by atoms with Gasteiger partial charge in [-0.15, -0.1) is 0 Å². The highest BCUT2D eigenvalue weighted by Crippen LogP contribution is 2.31. The lowest BCUT2D eigenvalue weighted by Crippen LogP contribution is -2.16. The van der Waals surface area contributed by atoms with Crippen LogP contribution in [0.2, 0.25) is 5.02 Å². The van der Waals surface area contributed by atoms with Gasteiger partial charge in [0.2, 0.25) is 0 Å². The second-order valence-corrected chi connectivity index (χ2v) is 6.13. The molecule has 4 nitrogen and oxygen atoms in total. The van der Waals surface area contributed by atoms with Gasteiger partial charge < -0.3 is 10.1 Å². The van der Waals surface area contributed by atoms with Gasteiger partial charge in [-0.1, -0.05) is 17.7 Å². The van der Waals surface area contributed by atoms with Crippen LogP contribution < -0.4 is 10.1 Å². The number of hydrogen-bond donors (Lipinski definition) is 1. The lowest BCUT2D eigenvalue weighted by Gasteiger charge is -2.12. The predicted molar refractivity (Wildman–Crippen MR) is 84.0 cm³/mol. The maximum atomic E-state index is 6.31. The molecule has 3 rings (SSSR count). The van der Waals surface area contributed by atoms with Gasteiger partial charge in [0, 0.05) is 29.2 Å². The number of halogens is 1. The Morgan fingerprint density at radius 3 is 2.90 bits per heavy atom. The van der Waals surface area contributed by atoms with Crippen LogP contribution in [0, 0.1) is 0 Å². The Morgan fingerprint density at radius 1 is 1.43 bits per heavy atom. The molecule has 1 aliphatic rings. The van der Waals surface area contributed by atoms with Crippen molar-refractivity contribution in [3.05, 3.63) is 41.2 Å². The molecule has 1 fully saturated rings. The fourth-order valence-electron chi connectivity index (χ4n) is 2.12. The van der Waals surface area contributed by atoms with Crippen LogP contribution in [0.25, 0.3) is 0 Å². The molecule has 1 saturated carbocycles. The summed E-state index contributed by atoms with van der Waals surface area (Å²) in [7, 11) is 0. The molecule has 1 heterocycles. The van der Waals surface area contributed by atoms with Crippen LogP contribution in [-0.2, 0) is 6.54 Å². The van der Waals surface area contributed by atoms with Gasteiger partial charge in [-0.2, -0.15) is 5.10 Å². The number of ether oxygens (including phenoxy) is 1. The monoisotopic (exact) mass is 305 g/mol. The molecule has 5 heteroatoms. The molecule has 1 aromatic carbocycles. The van der Waals surface area contributed by atoms with Gasteiger partial charge in [-0.05, 0) is 38.8 Å². The Balaban J connectivity index is 1.77. The van der Waals surface area contributed by atoms with Crippen LogP contribution in [0.1, 0.15) is 38.3 Å². The molecule has 2 aromatic rings. The standard InChI is InChI=1S/C16H20ClN3O/c1-11(2)20-10-13(8-19-20)21-16-5-3-4-15(17)14(16)9-18-12-6-7-12/h3-5,8,10-12,18H,6-7,9H2,1-2H3. The van der Waals surface area contributed by atoms with E-state index in [1.807, 2.05) is 29.1 Å². The minimum Gasteiger partial charge on any atom is -0.454 e. The number of hydrogen-bond acceptors (Lipinski definition) is 3. The van der Waals surface area contributed by atoms with E-state index in [1.54, 1.807) is 6.20 Å². The van der Waals surface area contributed by atoms with Crippen LogP contribution in [0.3, 0.4) is 0 Å². The first-order chi connectivity index (χ1) is 10.1. The van der Waals surface area contributed by atoms with E-state index in [0.717, 1.165) is 28.6 Å². The molecule has 0 atom stereocenters. The number of nitrogens with zero attached hydrogens (tertiary/aromatic N) is 2. The van der Waals surface area contributed by atoms with Gasteiger partial charge in [-0.3, -0.25) is 4.68 Å². The van der Waals surface area contributed by atoms with E-state index in [1.165, 1.54) is 12.8 Å². The van der Waals surface area contributed by atoms with Crippen LogP contribution in [0.4, 0.5) is 0 Å². The Morgan fingerprint density at radius 2 is 2.24 bits per heavy atom. The number of benzene rings is 1. The van der Waals surface area contributed by atoms with Crippen molar-refractivity contribution in [1.82, 2.24) is 15.1 Å². The Hall–Kier alpha value is -1.52. The molecular formula is C16H20ClN3O. The van der Waals surface area contributed by atoms with E-state index < -0.39 is 0 Å². The van der Waals surface area contributed by atoms with Gasteiger partial charge >= 0.3 is 0 Å². The summed E-state index contributed by atoms with van der Waals surface area (Å²) in [5.41, 5.74) is 1.00. The van der Waals surface area contributed by atoms with Gasteiger partial charge in [-0.25, -0.2) is 0 Å². The average Bonchev–Trinajstić information content (AvgIpc) is 3.15. The van der Waals surface area contributed by atoms with Crippen molar-refractivity contribution in [2.45, 2.75) is 45.3 Å². The zero-order valence-electron chi connectivity index (χ0n) is 12.3. The SMILES string of the molecule is CC(C)n1cc(Oc2cccc(Cl)c2CNC2CC2)cn1. The summed E-state index contributed by atoms with van der Waals surface area (Å²) < 4.78 is 7.84. The van der Waals surface area contributed by atoms with Crippen molar-refractivity contribution >= 4 is 11.6 Å². The van der Waals surface area contributed by atoms with E-state index in [4.69, 9.17) is 16.3 Å². The molecule has 0 amide bonds. The molecule has 0 saturated heterocycles. The first-order valence-electron chi connectivity index (χ1n) is 7.36. The molecule has 1 N–H and O–H groups in total. The molecule has 1 aromatic heterocycles. The quantitative estimate of drug-likeness (QED) is 0.871.